The number of benzene rings is 2. The molecular weight excluding hydrogens is 440 g/mol. The van der Waals surface area contributed by atoms with E-state index in [2.05, 4.69) is 52.8 Å². The van der Waals surface area contributed by atoms with E-state index in [-0.39, 0.29) is 5.56 Å². The van der Waals surface area contributed by atoms with Crippen molar-refractivity contribution in [2.75, 3.05) is 6.54 Å². The lowest BCUT2D eigenvalue weighted by Gasteiger charge is -2.23. The van der Waals surface area contributed by atoms with Gasteiger partial charge < -0.3 is 5.32 Å². The monoisotopic (exact) mass is 466 g/mol. The van der Waals surface area contributed by atoms with Crippen LogP contribution >= 0.6 is 11.3 Å². The van der Waals surface area contributed by atoms with Crippen molar-refractivity contribution in [2.45, 2.75) is 38.3 Å². The molecule has 1 atom stereocenters. The van der Waals surface area contributed by atoms with Gasteiger partial charge in [0.25, 0.3) is 5.56 Å². The Hall–Kier alpha value is -3.35. The molecule has 1 aliphatic carbocycles. The number of rotatable bonds is 6. The Labute approximate surface area is 202 Å². The standard InChI is InChI=1S/C28H26N4OS/c33-28-26-24-9-8-22(30-15-12-19-10-13-29-14-11-19)16-25(24)34-27(26)31-18-32(28)17-21-6-3-5-20-4-1-2-7-23(20)21/h1-7,10-11,13-14,18,22,30H,8-9,12,15-17H2. The normalized spacial score (nSPS) is 15.6. The maximum atomic E-state index is 13.5. The molecule has 0 fully saturated rings. The first-order chi connectivity index (χ1) is 16.8. The Balaban J connectivity index is 1.23. The van der Waals surface area contributed by atoms with Gasteiger partial charge in [0.15, 0.2) is 0 Å². The van der Waals surface area contributed by atoms with Gasteiger partial charge in [-0.15, -0.1) is 11.3 Å². The van der Waals surface area contributed by atoms with Crippen LogP contribution in [0.2, 0.25) is 0 Å². The molecule has 3 aromatic heterocycles. The Kier molecular flexibility index (Phi) is 5.69. The predicted octanol–water partition coefficient (Wildman–Crippen LogP) is 4.74. The van der Waals surface area contributed by atoms with Crippen LogP contribution in [-0.4, -0.2) is 27.1 Å². The number of thiophene rings is 1. The third-order valence-electron chi connectivity index (χ3n) is 6.85. The van der Waals surface area contributed by atoms with Gasteiger partial charge in [0.2, 0.25) is 0 Å². The van der Waals surface area contributed by atoms with Gasteiger partial charge in [-0.3, -0.25) is 14.3 Å². The molecule has 6 heteroatoms. The number of hydrogen-bond acceptors (Lipinski definition) is 5. The van der Waals surface area contributed by atoms with Crippen LogP contribution in [0.3, 0.4) is 0 Å². The first-order valence-electron chi connectivity index (χ1n) is 11.8. The number of fused-ring (bicyclic) bond motifs is 4. The van der Waals surface area contributed by atoms with Crippen molar-refractivity contribution in [3.8, 4) is 0 Å². The molecule has 1 aliphatic rings. The van der Waals surface area contributed by atoms with E-state index in [1.165, 1.54) is 26.8 Å². The minimum Gasteiger partial charge on any atom is -0.313 e. The number of aromatic nitrogens is 3. The van der Waals surface area contributed by atoms with Gasteiger partial charge in [-0.1, -0.05) is 42.5 Å². The maximum Gasteiger partial charge on any atom is 0.262 e. The van der Waals surface area contributed by atoms with Gasteiger partial charge in [0, 0.05) is 23.3 Å². The Morgan fingerprint density at radius 2 is 1.91 bits per heavy atom. The van der Waals surface area contributed by atoms with Crippen molar-refractivity contribution < 1.29 is 0 Å². The highest BCUT2D eigenvalue weighted by atomic mass is 32.1. The van der Waals surface area contributed by atoms with Crippen molar-refractivity contribution in [1.29, 1.82) is 0 Å². The third kappa shape index (κ3) is 4.04. The summed E-state index contributed by atoms with van der Waals surface area (Å²) in [5.74, 6) is 0. The van der Waals surface area contributed by atoms with E-state index in [0.717, 1.165) is 48.0 Å². The summed E-state index contributed by atoms with van der Waals surface area (Å²) in [4.78, 5) is 24.5. The topological polar surface area (TPSA) is 59.8 Å². The summed E-state index contributed by atoms with van der Waals surface area (Å²) in [5.41, 5.74) is 3.75. The molecule has 0 amide bonds. The van der Waals surface area contributed by atoms with Gasteiger partial charge in [-0.25, -0.2) is 4.98 Å². The number of nitrogens with one attached hydrogen (secondary N) is 1. The van der Waals surface area contributed by atoms with E-state index in [1.54, 1.807) is 22.2 Å². The van der Waals surface area contributed by atoms with Gasteiger partial charge in [0.05, 0.1) is 18.3 Å². The molecule has 0 saturated carbocycles. The van der Waals surface area contributed by atoms with Crippen molar-refractivity contribution in [3.05, 3.63) is 105 Å². The highest BCUT2D eigenvalue weighted by Gasteiger charge is 2.25. The highest BCUT2D eigenvalue weighted by molar-refractivity contribution is 7.18. The molecule has 0 radical (unpaired) electrons. The molecule has 0 spiro atoms. The minimum absolute atomic E-state index is 0.0829. The molecule has 1 N–H and O–H groups in total. The average Bonchev–Trinajstić information content (AvgIpc) is 3.25. The van der Waals surface area contributed by atoms with Gasteiger partial charge in [0.1, 0.15) is 4.83 Å². The van der Waals surface area contributed by atoms with Gasteiger partial charge >= 0.3 is 0 Å². The van der Waals surface area contributed by atoms with Crippen LogP contribution in [-0.2, 0) is 25.8 Å². The first kappa shape index (κ1) is 21.2. The number of aryl methyl sites for hydroxylation is 1. The SMILES string of the molecule is O=c1c2c3c(sc2ncn1Cc1cccc2ccccc12)CC(NCCc1ccncc1)CC3. The lowest BCUT2D eigenvalue weighted by molar-refractivity contribution is 0.466. The Bertz CT molecular complexity index is 1520. The summed E-state index contributed by atoms with van der Waals surface area (Å²) in [7, 11) is 0. The molecule has 2 aromatic carbocycles. The fourth-order valence-corrected chi connectivity index (χ4v) is 6.33. The zero-order valence-electron chi connectivity index (χ0n) is 18.9. The summed E-state index contributed by atoms with van der Waals surface area (Å²) in [6, 6.07) is 19.2. The summed E-state index contributed by atoms with van der Waals surface area (Å²) in [6.45, 7) is 1.48. The van der Waals surface area contributed by atoms with E-state index in [0.29, 0.717) is 12.6 Å². The van der Waals surface area contributed by atoms with Crippen LogP contribution in [0.4, 0.5) is 0 Å². The molecule has 0 bridgehead atoms. The van der Waals surface area contributed by atoms with E-state index in [9.17, 15) is 4.79 Å². The fraction of sp³-hybridized carbons (Fsp3) is 0.250. The van der Waals surface area contributed by atoms with Crippen molar-refractivity contribution in [3.63, 3.8) is 0 Å². The summed E-state index contributed by atoms with van der Waals surface area (Å²) in [6.07, 6.45) is 9.36. The van der Waals surface area contributed by atoms with Crippen LogP contribution in [0.1, 0.15) is 28.0 Å². The van der Waals surface area contributed by atoms with Gasteiger partial charge in [-0.2, -0.15) is 0 Å². The molecular formula is C28H26N4OS. The second kappa shape index (κ2) is 9.12. The molecule has 3 heterocycles. The summed E-state index contributed by atoms with van der Waals surface area (Å²) < 4.78 is 1.77. The lowest BCUT2D eigenvalue weighted by atomic mass is 9.93. The molecule has 6 rings (SSSR count). The molecule has 5 nitrogen and oxygen atoms in total. The van der Waals surface area contributed by atoms with Crippen molar-refractivity contribution in [2.24, 2.45) is 0 Å². The molecule has 5 aromatic rings. The van der Waals surface area contributed by atoms with Crippen molar-refractivity contribution in [1.82, 2.24) is 19.9 Å². The molecule has 0 aliphatic heterocycles. The van der Waals surface area contributed by atoms with Crippen LogP contribution in [0.5, 0.6) is 0 Å². The predicted molar refractivity (Wildman–Crippen MR) is 139 cm³/mol. The largest absolute Gasteiger partial charge is 0.313 e. The van der Waals surface area contributed by atoms with E-state index >= 15 is 0 Å². The number of nitrogens with zero attached hydrogens (tertiary/aromatic N) is 3. The number of hydrogen-bond donors (Lipinski definition) is 1. The van der Waals surface area contributed by atoms with Gasteiger partial charge in [-0.05, 0) is 71.8 Å². The molecule has 170 valence electrons. The van der Waals surface area contributed by atoms with Crippen molar-refractivity contribution >= 4 is 32.3 Å². The fourth-order valence-electron chi connectivity index (χ4n) is 5.07. The highest BCUT2D eigenvalue weighted by Crippen LogP contribution is 2.33. The van der Waals surface area contributed by atoms with E-state index < -0.39 is 0 Å². The van der Waals surface area contributed by atoms with Crippen LogP contribution in [0, 0.1) is 0 Å². The zero-order valence-corrected chi connectivity index (χ0v) is 19.7. The first-order valence-corrected chi connectivity index (χ1v) is 12.7. The van der Waals surface area contributed by atoms with Crippen LogP contribution < -0.4 is 10.9 Å². The van der Waals surface area contributed by atoms with Crippen LogP contribution in [0.25, 0.3) is 21.0 Å². The molecule has 1 unspecified atom stereocenters. The minimum atomic E-state index is 0.0829. The van der Waals surface area contributed by atoms with E-state index in [4.69, 9.17) is 4.98 Å². The second-order valence-corrected chi connectivity index (χ2v) is 10.1. The lowest BCUT2D eigenvalue weighted by Crippen LogP contribution is -2.35. The summed E-state index contributed by atoms with van der Waals surface area (Å²) >= 11 is 1.69. The Morgan fingerprint density at radius 3 is 2.82 bits per heavy atom. The zero-order chi connectivity index (χ0) is 22.9. The molecule has 0 saturated heterocycles. The second-order valence-electron chi connectivity index (χ2n) is 9.00. The summed E-state index contributed by atoms with van der Waals surface area (Å²) in [5, 5.41) is 6.92. The average molecular weight is 467 g/mol. The molecule has 34 heavy (non-hydrogen) atoms. The maximum absolute atomic E-state index is 13.5. The third-order valence-corrected chi connectivity index (χ3v) is 8.01. The smallest absolute Gasteiger partial charge is 0.262 e. The Morgan fingerprint density at radius 1 is 1.06 bits per heavy atom. The number of pyridine rings is 1. The quantitative estimate of drug-likeness (QED) is 0.393. The van der Waals surface area contributed by atoms with Crippen LogP contribution in [0.15, 0.2) is 78.1 Å². The van der Waals surface area contributed by atoms with E-state index in [1.807, 2.05) is 24.5 Å².